The summed E-state index contributed by atoms with van der Waals surface area (Å²) in [6.07, 6.45) is 2.58. The third-order valence-electron chi connectivity index (χ3n) is 2.20. The number of nitrogen functional groups attached to an aromatic ring is 1. The second-order valence-corrected chi connectivity index (χ2v) is 3.59. The van der Waals surface area contributed by atoms with E-state index in [9.17, 15) is 0 Å². The van der Waals surface area contributed by atoms with E-state index in [1.165, 1.54) is 12.8 Å². The van der Waals surface area contributed by atoms with Gasteiger partial charge < -0.3 is 10.5 Å². The molecular formula is C10H14N2O. The van der Waals surface area contributed by atoms with Crippen molar-refractivity contribution in [3.63, 3.8) is 0 Å². The molecule has 1 heterocycles. The van der Waals surface area contributed by atoms with E-state index in [1.807, 2.05) is 19.1 Å². The lowest BCUT2D eigenvalue weighted by Crippen LogP contribution is -2.03. The van der Waals surface area contributed by atoms with Crippen LogP contribution in [0.2, 0.25) is 0 Å². The van der Waals surface area contributed by atoms with E-state index in [2.05, 4.69) is 4.98 Å². The summed E-state index contributed by atoms with van der Waals surface area (Å²) in [5.74, 6) is 1.97. The van der Waals surface area contributed by atoms with Crippen molar-refractivity contribution in [1.29, 1.82) is 0 Å². The molecule has 70 valence electrons. The van der Waals surface area contributed by atoms with Crippen LogP contribution in [-0.4, -0.2) is 11.6 Å². The zero-order chi connectivity index (χ0) is 9.26. The van der Waals surface area contributed by atoms with Gasteiger partial charge in [-0.25, -0.2) is 4.98 Å². The first kappa shape index (κ1) is 8.35. The summed E-state index contributed by atoms with van der Waals surface area (Å²) in [6, 6.07) is 3.80. The number of ether oxygens (including phenoxy) is 1. The average molecular weight is 178 g/mol. The molecule has 0 radical (unpaired) electrons. The lowest BCUT2D eigenvalue weighted by atomic mass is 10.3. The molecule has 1 aliphatic rings. The summed E-state index contributed by atoms with van der Waals surface area (Å²) in [4.78, 5) is 4.12. The Hall–Kier alpha value is -1.25. The van der Waals surface area contributed by atoms with Gasteiger partial charge in [0.2, 0.25) is 0 Å². The number of aryl methyl sites for hydroxylation is 1. The first-order chi connectivity index (χ1) is 6.25. The maximum atomic E-state index is 5.69. The van der Waals surface area contributed by atoms with E-state index >= 15 is 0 Å². The van der Waals surface area contributed by atoms with Crippen molar-refractivity contribution in [2.24, 2.45) is 5.92 Å². The first-order valence-electron chi connectivity index (χ1n) is 4.61. The number of nitrogens with two attached hydrogens (primary N) is 1. The van der Waals surface area contributed by atoms with E-state index < -0.39 is 0 Å². The molecule has 0 unspecified atom stereocenters. The largest absolute Gasteiger partial charge is 0.489 e. The zero-order valence-electron chi connectivity index (χ0n) is 7.79. The Morgan fingerprint density at radius 2 is 2.31 bits per heavy atom. The standard InChI is InChI=1S/C10H14N2O/c1-7-2-5-9(10(11)12-7)13-6-8-3-4-8/h2,5,8H,3-4,6H2,1H3,(H2,11,12). The quantitative estimate of drug-likeness (QED) is 0.767. The van der Waals surface area contributed by atoms with Crippen LogP contribution in [0.15, 0.2) is 12.1 Å². The smallest absolute Gasteiger partial charge is 0.166 e. The highest BCUT2D eigenvalue weighted by atomic mass is 16.5. The average Bonchev–Trinajstić information content (AvgIpc) is 2.86. The van der Waals surface area contributed by atoms with Crippen LogP contribution in [0.1, 0.15) is 18.5 Å². The van der Waals surface area contributed by atoms with Gasteiger partial charge in [-0.15, -0.1) is 0 Å². The minimum atomic E-state index is 0.501. The van der Waals surface area contributed by atoms with Gasteiger partial charge in [0.05, 0.1) is 6.61 Å². The van der Waals surface area contributed by atoms with Crippen LogP contribution in [0.3, 0.4) is 0 Å². The van der Waals surface area contributed by atoms with Crippen LogP contribution in [0.4, 0.5) is 5.82 Å². The van der Waals surface area contributed by atoms with Gasteiger partial charge in [0.1, 0.15) is 0 Å². The number of pyridine rings is 1. The molecule has 1 fully saturated rings. The summed E-state index contributed by atoms with van der Waals surface area (Å²) < 4.78 is 5.53. The van der Waals surface area contributed by atoms with Gasteiger partial charge in [-0.05, 0) is 37.8 Å². The van der Waals surface area contributed by atoms with Crippen molar-refractivity contribution in [2.75, 3.05) is 12.3 Å². The highest BCUT2D eigenvalue weighted by Crippen LogP contribution is 2.30. The summed E-state index contributed by atoms with van der Waals surface area (Å²) in [6.45, 7) is 2.70. The van der Waals surface area contributed by atoms with Gasteiger partial charge in [0, 0.05) is 5.69 Å². The fraction of sp³-hybridized carbons (Fsp3) is 0.500. The van der Waals surface area contributed by atoms with Crippen molar-refractivity contribution in [3.8, 4) is 5.75 Å². The van der Waals surface area contributed by atoms with Gasteiger partial charge in [0.25, 0.3) is 0 Å². The SMILES string of the molecule is Cc1ccc(OCC2CC2)c(N)n1. The summed E-state index contributed by atoms with van der Waals surface area (Å²) in [5.41, 5.74) is 6.62. The van der Waals surface area contributed by atoms with Crippen molar-refractivity contribution in [1.82, 2.24) is 4.98 Å². The third-order valence-corrected chi connectivity index (χ3v) is 2.20. The van der Waals surface area contributed by atoms with E-state index in [0.29, 0.717) is 5.82 Å². The summed E-state index contributed by atoms with van der Waals surface area (Å²) >= 11 is 0. The molecule has 1 aliphatic carbocycles. The van der Waals surface area contributed by atoms with Crippen molar-refractivity contribution in [2.45, 2.75) is 19.8 Å². The van der Waals surface area contributed by atoms with Crippen LogP contribution < -0.4 is 10.5 Å². The normalized spacial score (nSPS) is 15.8. The molecule has 0 aliphatic heterocycles. The Morgan fingerprint density at radius 3 is 2.92 bits per heavy atom. The van der Waals surface area contributed by atoms with E-state index in [4.69, 9.17) is 10.5 Å². The zero-order valence-corrected chi connectivity index (χ0v) is 7.79. The Kier molecular flexibility index (Phi) is 2.08. The number of nitrogens with zero attached hydrogens (tertiary/aromatic N) is 1. The summed E-state index contributed by atoms with van der Waals surface area (Å²) in [5, 5.41) is 0. The molecule has 13 heavy (non-hydrogen) atoms. The monoisotopic (exact) mass is 178 g/mol. The van der Waals surface area contributed by atoms with E-state index in [1.54, 1.807) is 0 Å². The lowest BCUT2D eigenvalue weighted by Gasteiger charge is -2.07. The molecule has 0 bridgehead atoms. The molecule has 0 atom stereocenters. The second kappa shape index (κ2) is 3.24. The highest BCUT2D eigenvalue weighted by molar-refractivity contribution is 5.46. The molecule has 0 spiro atoms. The van der Waals surface area contributed by atoms with Crippen LogP contribution >= 0.6 is 0 Å². The lowest BCUT2D eigenvalue weighted by molar-refractivity contribution is 0.300. The van der Waals surface area contributed by atoms with Gasteiger partial charge >= 0.3 is 0 Å². The molecule has 3 heteroatoms. The maximum Gasteiger partial charge on any atom is 0.166 e. The Bertz CT molecular complexity index is 308. The van der Waals surface area contributed by atoms with Gasteiger partial charge in [0.15, 0.2) is 11.6 Å². The number of hydrogen-bond donors (Lipinski definition) is 1. The van der Waals surface area contributed by atoms with Gasteiger partial charge in [-0.1, -0.05) is 0 Å². The van der Waals surface area contributed by atoms with Crippen LogP contribution in [0, 0.1) is 12.8 Å². The molecule has 1 saturated carbocycles. The van der Waals surface area contributed by atoms with Crippen molar-refractivity contribution < 1.29 is 4.74 Å². The molecular weight excluding hydrogens is 164 g/mol. The molecule has 0 aromatic carbocycles. The van der Waals surface area contributed by atoms with Crippen LogP contribution in [-0.2, 0) is 0 Å². The first-order valence-corrected chi connectivity index (χ1v) is 4.61. The van der Waals surface area contributed by atoms with E-state index in [0.717, 1.165) is 24.0 Å². The van der Waals surface area contributed by atoms with Crippen molar-refractivity contribution >= 4 is 5.82 Å². The molecule has 1 aromatic rings. The number of rotatable bonds is 3. The Morgan fingerprint density at radius 1 is 1.54 bits per heavy atom. The van der Waals surface area contributed by atoms with E-state index in [-0.39, 0.29) is 0 Å². The van der Waals surface area contributed by atoms with Crippen LogP contribution in [0.5, 0.6) is 5.75 Å². The van der Waals surface area contributed by atoms with Gasteiger partial charge in [-0.2, -0.15) is 0 Å². The topological polar surface area (TPSA) is 48.1 Å². The van der Waals surface area contributed by atoms with Crippen LogP contribution in [0.25, 0.3) is 0 Å². The molecule has 0 amide bonds. The fourth-order valence-corrected chi connectivity index (χ4v) is 1.18. The molecule has 1 aromatic heterocycles. The predicted molar refractivity (Wildman–Crippen MR) is 51.6 cm³/mol. The number of hydrogen-bond acceptors (Lipinski definition) is 3. The molecule has 3 nitrogen and oxygen atoms in total. The number of anilines is 1. The molecule has 2 N–H and O–H groups in total. The molecule has 0 saturated heterocycles. The third kappa shape index (κ3) is 2.11. The Balaban J connectivity index is 2.01. The minimum Gasteiger partial charge on any atom is -0.489 e. The summed E-state index contributed by atoms with van der Waals surface area (Å²) in [7, 11) is 0. The molecule has 2 rings (SSSR count). The van der Waals surface area contributed by atoms with Gasteiger partial charge in [-0.3, -0.25) is 0 Å². The second-order valence-electron chi connectivity index (χ2n) is 3.59. The highest BCUT2D eigenvalue weighted by Gasteiger charge is 2.22. The minimum absolute atomic E-state index is 0.501. The fourth-order valence-electron chi connectivity index (χ4n) is 1.18. The Labute approximate surface area is 77.9 Å². The predicted octanol–water partition coefficient (Wildman–Crippen LogP) is 1.76. The number of aromatic nitrogens is 1. The maximum absolute atomic E-state index is 5.69. The van der Waals surface area contributed by atoms with Crippen molar-refractivity contribution in [3.05, 3.63) is 17.8 Å².